The Morgan fingerprint density at radius 1 is 1.19 bits per heavy atom. The summed E-state index contributed by atoms with van der Waals surface area (Å²) >= 11 is 0. The number of carbonyl (C=O) groups is 1. The summed E-state index contributed by atoms with van der Waals surface area (Å²) in [4.78, 5) is 24.1. The van der Waals surface area contributed by atoms with Crippen LogP contribution in [0.3, 0.4) is 0 Å². The van der Waals surface area contributed by atoms with Gasteiger partial charge in [0.1, 0.15) is 5.82 Å². The molecular formula is C22H24FN3O5S. The van der Waals surface area contributed by atoms with Crippen LogP contribution in [0.15, 0.2) is 50.5 Å². The van der Waals surface area contributed by atoms with Gasteiger partial charge in [-0.05, 0) is 55.5 Å². The highest BCUT2D eigenvalue weighted by Gasteiger charge is 2.30. The van der Waals surface area contributed by atoms with Gasteiger partial charge in [0.05, 0.1) is 10.4 Å². The predicted octanol–water partition coefficient (Wildman–Crippen LogP) is 3.01. The Hall–Kier alpha value is -2.98. The lowest BCUT2D eigenvalue weighted by Gasteiger charge is -2.31. The second kappa shape index (κ2) is 8.51. The fraction of sp³-hybridized carbons (Fsp3) is 0.364. The molecule has 0 unspecified atom stereocenters. The molecule has 2 aromatic carbocycles. The SMILES string of the molecule is Cc1ccc(NC(=O)CC2CCN(S(=O)(=O)c3ccc4c(c3)oc(=O)n4C)CC2)cc1F. The van der Waals surface area contributed by atoms with E-state index >= 15 is 0 Å². The quantitative estimate of drug-likeness (QED) is 0.629. The maximum absolute atomic E-state index is 13.7. The van der Waals surface area contributed by atoms with E-state index in [1.165, 1.54) is 27.1 Å². The second-order valence-corrected chi connectivity index (χ2v) is 10.1. The zero-order chi connectivity index (χ0) is 23.0. The lowest BCUT2D eigenvalue weighted by atomic mass is 9.94. The summed E-state index contributed by atoms with van der Waals surface area (Å²) in [5.41, 5.74) is 1.65. The predicted molar refractivity (Wildman–Crippen MR) is 117 cm³/mol. The van der Waals surface area contributed by atoms with Gasteiger partial charge in [-0.15, -0.1) is 0 Å². The molecule has 0 saturated carbocycles. The van der Waals surface area contributed by atoms with Crippen LogP contribution in [0.4, 0.5) is 10.1 Å². The standard InChI is InChI=1S/C22H24FN3O5S/c1-14-3-4-16(12-18(14)23)24-21(27)11-15-7-9-26(10-8-15)32(29,30)17-5-6-19-20(13-17)31-22(28)25(19)2/h3-6,12-13,15H,7-11H2,1-2H3,(H,24,27). The number of carbonyl (C=O) groups excluding carboxylic acids is 1. The average Bonchev–Trinajstić information content (AvgIpc) is 3.04. The average molecular weight is 462 g/mol. The molecule has 1 amide bonds. The number of oxazole rings is 1. The largest absolute Gasteiger partial charge is 0.419 e. The van der Waals surface area contributed by atoms with E-state index in [1.54, 1.807) is 32.2 Å². The first-order valence-corrected chi connectivity index (χ1v) is 11.7. The Morgan fingerprint density at radius 2 is 1.91 bits per heavy atom. The zero-order valence-electron chi connectivity index (χ0n) is 17.8. The molecule has 1 aliphatic heterocycles. The summed E-state index contributed by atoms with van der Waals surface area (Å²) in [5.74, 6) is -1.12. The molecule has 0 atom stereocenters. The van der Waals surface area contributed by atoms with Crippen molar-refractivity contribution in [2.24, 2.45) is 13.0 Å². The number of piperidine rings is 1. The fourth-order valence-electron chi connectivity index (χ4n) is 3.92. The number of fused-ring (bicyclic) bond motifs is 1. The Morgan fingerprint density at radius 3 is 2.59 bits per heavy atom. The van der Waals surface area contributed by atoms with Crippen molar-refractivity contribution >= 4 is 32.7 Å². The molecule has 1 aromatic heterocycles. The van der Waals surface area contributed by atoms with Crippen molar-refractivity contribution in [3.8, 4) is 0 Å². The van der Waals surface area contributed by atoms with E-state index in [9.17, 15) is 22.4 Å². The van der Waals surface area contributed by atoms with E-state index < -0.39 is 15.8 Å². The second-order valence-electron chi connectivity index (χ2n) is 8.12. The first-order chi connectivity index (χ1) is 15.1. The highest BCUT2D eigenvalue weighted by molar-refractivity contribution is 7.89. The van der Waals surface area contributed by atoms with E-state index in [0.717, 1.165) is 0 Å². The normalized spacial score (nSPS) is 15.8. The van der Waals surface area contributed by atoms with E-state index in [-0.39, 0.29) is 47.6 Å². The van der Waals surface area contributed by atoms with Gasteiger partial charge in [-0.2, -0.15) is 4.31 Å². The first-order valence-electron chi connectivity index (χ1n) is 10.3. The molecule has 2 heterocycles. The molecule has 4 rings (SSSR count). The maximum Gasteiger partial charge on any atom is 0.419 e. The van der Waals surface area contributed by atoms with Crippen LogP contribution in [0.1, 0.15) is 24.8 Å². The molecule has 10 heteroatoms. The summed E-state index contributed by atoms with van der Waals surface area (Å²) < 4.78 is 47.5. The summed E-state index contributed by atoms with van der Waals surface area (Å²) in [6, 6.07) is 8.93. The Bertz CT molecular complexity index is 1340. The van der Waals surface area contributed by atoms with Crippen molar-refractivity contribution in [1.82, 2.24) is 8.87 Å². The third-order valence-electron chi connectivity index (χ3n) is 5.90. The van der Waals surface area contributed by atoms with E-state index in [0.29, 0.717) is 29.6 Å². The molecule has 8 nitrogen and oxygen atoms in total. The summed E-state index contributed by atoms with van der Waals surface area (Å²) in [6.45, 7) is 2.23. The van der Waals surface area contributed by atoms with Crippen LogP contribution in [0.25, 0.3) is 11.1 Å². The molecule has 1 fully saturated rings. The molecule has 32 heavy (non-hydrogen) atoms. The minimum absolute atomic E-state index is 0.0337. The Labute approximate surface area is 184 Å². The number of benzene rings is 2. The van der Waals surface area contributed by atoms with Crippen LogP contribution in [0.5, 0.6) is 0 Å². The highest BCUT2D eigenvalue weighted by atomic mass is 32.2. The summed E-state index contributed by atoms with van der Waals surface area (Å²) in [6.07, 6.45) is 1.32. The number of aromatic nitrogens is 1. The van der Waals surface area contributed by atoms with Crippen LogP contribution in [-0.2, 0) is 21.9 Å². The molecule has 0 bridgehead atoms. The van der Waals surface area contributed by atoms with Gasteiger partial charge in [-0.25, -0.2) is 17.6 Å². The topological polar surface area (TPSA) is 102 Å². The van der Waals surface area contributed by atoms with Gasteiger partial charge in [-0.3, -0.25) is 9.36 Å². The third-order valence-corrected chi connectivity index (χ3v) is 7.80. The Balaban J connectivity index is 1.37. The van der Waals surface area contributed by atoms with E-state index in [1.807, 2.05) is 0 Å². The van der Waals surface area contributed by atoms with Gasteiger partial charge in [0.25, 0.3) is 0 Å². The number of hydrogen-bond acceptors (Lipinski definition) is 5. The molecule has 170 valence electrons. The number of halogens is 1. The smallest absolute Gasteiger partial charge is 0.408 e. The van der Waals surface area contributed by atoms with Gasteiger partial charge < -0.3 is 9.73 Å². The molecule has 1 saturated heterocycles. The lowest BCUT2D eigenvalue weighted by Crippen LogP contribution is -2.39. The number of anilines is 1. The molecule has 1 aliphatic rings. The number of nitrogens with zero attached hydrogens (tertiary/aromatic N) is 2. The molecule has 0 radical (unpaired) electrons. The van der Waals surface area contributed by atoms with Crippen molar-refractivity contribution in [3.05, 3.63) is 58.3 Å². The van der Waals surface area contributed by atoms with E-state index in [2.05, 4.69) is 5.32 Å². The molecule has 0 aliphatic carbocycles. The van der Waals surface area contributed by atoms with Crippen molar-refractivity contribution in [1.29, 1.82) is 0 Å². The number of hydrogen-bond donors (Lipinski definition) is 1. The minimum atomic E-state index is -3.75. The van der Waals surface area contributed by atoms with Crippen molar-refractivity contribution in [3.63, 3.8) is 0 Å². The van der Waals surface area contributed by atoms with Crippen LogP contribution in [0, 0.1) is 18.7 Å². The first kappa shape index (κ1) is 22.2. The fourth-order valence-corrected chi connectivity index (χ4v) is 5.41. The third kappa shape index (κ3) is 4.33. The number of aryl methyl sites for hydroxylation is 2. The number of rotatable bonds is 5. The molecule has 0 spiro atoms. The van der Waals surface area contributed by atoms with E-state index in [4.69, 9.17) is 4.42 Å². The molecule has 3 aromatic rings. The zero-order valence-corrected chi connectivity index (χ0v) is 18.6. The van der Waals surface area contributed by atoms with Crippen molar-refractivity contribution in [2.45, 2.75) is 31.1 Å². The number of nitrogens with one attached hydrogen (secondary N) is 1. The van der Waals surface area contributed by atoms with Crippen LogP contribution in [0.2, 0.25) is 0 Å². The Kier molecular flexibility index (Phi) is 5.91. The lowest BCUT2D eigenvalue weighted by molar-refractivity contribution is -0.117. The van der Waals surface area contributed by atoms with Crippen LogP contribution < -0.4 is 11.1 Å². The van der Waals surface area contributed by atoms with Gasteiger partial charge in [0.15, 0.2) is 5.58 Å². The monoisotopic (exact) mass is 461 g/mol. The van der Waals surface area contributed by atoms with Gasteiger partial charge in [-0.1, -0.05) is 6.07 Å². The maximum atomic E-state index is 13.7. The van der Waals surface area contributed by atoms with Crippen LogP contribution in [-0.4, -0.2) is 36.3 Å². The number of amides is 1. The van der Waals surface area contributed by atoms with Crippen molar-refractivity contribution in [2.75, 3.05) is 18.4 Å². The van der Waals surface area contributed by atoms with Crippen molar-refractivity contribution < 1.29 is 22.0 Å². The van der Waals surface area contributed by atoms with Gasteiger partial charge in [0, 0.05) is 38.3 Å². The molecular weight excluding hydrogens is 437 g/mol. The minimum Gasteiger partial charge on any atom is -0.408 e. The van der Waals surface area contributed by atoms with Gasteiger partial charge >= 0.3 is 5.76 Å². The highest BCUT2D eigenvalue weighted by Crippen LogP contribution is 2.27. The summed E-state index contributed by atoms with van der Waals surface area (Å²) in [5, 5.41) is 2.70. The molecule has 1 N–H and O–H groups in total. The summed E-state index contributed by atoms with van der Waals surface area (Å²) in [7, 11) is -2.19. The van der Waals surface area contributed by atoms with Gasteiger partial charge in [0.2, 0.25) is 15.9 Å². The van der Waals surface area contributed by atoms with Crippen LogP contribution >= 0.6 is 0 Å². The number of sulfonamides is 1.